The minimum absolute atomic E-state index is 0.194. The zero-order valence-corrected chi connectivity index (χ0v) is 16.0. The van der Waals surface area contributed by atoms with Gasteiger partial charge < -0.3 is 9.47 Å². The number of fused-ring (bicyclic) bond motifs is 1. The molecular weight excluding hydrogens is 333 g/mol. The van der Waals surface area contributed by atoms with Crippen LogP contribution in [0.3, 0.4) is 0 Å². The van der Waals surface area contributed by atoms with E-state index in [4.69, 9.17) is 9.47 Å². The second-order valence-electron chi connectivity index (χ2n) is 8.16. The van der Waals surface area contributed by atoms with Crippen molar-refractivity contribution in [2.24, 2.45) is 0 Å². The van der Waals surface area contributed by atoms with Gasteiger partial charge in [0.2, 0.25) is 0 Å². The summed E-state index contributed by atoms with van der Waals surface area (Å²) in [4.78, 5) is 3.96. The van der Waals surface area contributed by atoms with Gasteiger partial charge in [-0.3, -0.25) is 0 Å². The summed E-state index contributed by atoms with van der Waals surface area (Å²) in [5, 5.41) is 4.45. The Hall–Kier alpha value is -2.63. The van der Waals surface area contributed by atoms with Crippen LogP contribution in [0.5, 0.6) is 11.5 Å². The van der Waals surface area contributed by atoms with Gasteiger partial charge in [-0.2, -0.15) is 5.10 Å². The minimum atomic E-state index is -0.434. The molecule has 2 aromatic heterocycles. The fraction of sp³-hybridized carbons (Fsp3) is 0.400. The number of nitrogens with zero attached hydrogens (tertiary/aromatic N) is 3. The molecule has 2 heterocycles. The summed E-state index contributed by atoms with van der Waals surface area (Å²) in [6, 6.07) is 6.88. The Balaban J connectivity index is 2.11. The van der Waals surface area contributed by atoms with Crippen molar-refractivity contribution in [2.45, 2.75) is 52.7 Å². The molecule has 0 unspecified atom stereocenters. The van der Waals surface area contributed by atoms with E-state index in [1.165, 1.54) is 16.8 Å². The Kier molecular flexibility index (Phi) is 4.38. The molecule has 1 aromatic carbocycles. The van der Waals surface area contributed by atoms with E-state index >= 15 is 0 Å². The molecule has 0 aliphatic carbocycles. The zero-order valence-electron chi connectivity index (χ0n) is 16.0. The van der Waals surface area contributed by atoms with Crippen LogP contribution in [0.25, 0.3) is 16.9 Å². The largest absolute Gasteiger partial charge is 0.488 e. The molecule has 5 nitrogen and oxygen atoms in total. The minimum Gasteiger partial charge on any atom is -0.488 e. The van der Waals surface area contributed by atoms with Crippen LogP contribution >= 0.6 is 0 Å². The monoisotopic (exact) mass is 357 g/mol. The molecule has 0 aliphatic rings. The molecule has 0 amide bonds. The summed E-state index contributed by atoms with van der Waals surface area (Å²) in [6.07, 6.45) is 3.13. The first-order valence-corrected chi connectivity index (χ1v) is 8.54. The van der Waals surface area contributed by atoms with Crippen LogP contribution in [-0.2, 0) is 0 Å². The van der Waals surface area contributed by atoms with E-state index in [0.717, 1.165) is 0 Å². The zero-order chi connectivity index (χ0) is 19.1. The van der Waals surface area contributed by atoms with Crippen LogP contribution in [0, 0.1) is 5.82 Å². The number of ether oxygens (including phenoxy) is 2. The van der Waals surface area contributed by atoms with Crippen molar-refractivity contribution < 1.29 is 13.9 Å². The maximum atomic E-state index is 14.3. The number of hydrogen-bond acceptors (Lipinski definition) is 4. The highest BCUT2D eigenvalue weighted by molar-refractivity contribution is 5.69. The molecule has 0 fully saturated rings. The molecule has 0 N–H and O–H groups in total. The maximum Gasteiger partial charge on any atom is 0.189 e. The topological polar surface area (TPSA) is 48.7 Å². The van der Waals surface area contributed by atoms with Crippen molar-refractivity contribution in [3.8, 4) is 22.8 Å². The molecule has 26 heavy (non-hydrogen) atoms. The van der Waals surface area contributed by atoms with Gasteiger partial charge in [0.25, 0.3) is 0 Å². The van der Waals surface area contributed by atoms with Crippen LogP contribution in [-0.4, -0.2) is 25.8 Å². The molecule has 3 rings (SSSR count). The summed E-state index contributed by atoms with van der Waals surface area (Å²) in [7, 11) is 0. The lowest BCUT2D eigenvalue weighted by molar-refractivity contribution is 0.121. The number of halogens is 1. The van der Waals surface area contributed by atoms with E-state index in [9.17, 15) is 4.39 Å². The van der Waals surface area contributed by atoms with Gasteiger partial charge in [-0.05, 0) is 53.7 Å². The summed E-state index contributed by atoms with van der Waals surface area (Å²) in [5.74, 6) is 0.840. The first-order valence-electron chi connectivity index (χ1n) is 8.54. The fourth-order valence-electron chi connectivity index (χ4n) is 2.56. The van der Waals surface area contributed by atoms with Crippen molar-refractivity contribution in [3.05, 3.63) is 42.5 Å². The standard InChI is InChI=1S/C20H24FN3O2/c1-19(2,3)25-13-7-8-14(17(11-13)26-20(4,5)6)16-12-15(21)18-22-9-10-24(18)23-16/h7-12H,1-6H3. The first kappa shape index (κ1) is 18.2. The van der Waals surface area contributed by atoms with E-state index in [0.29, 0.717) is 22.8 Å². The third-order valence-corrected chi connectivity index (χ3v) is 3.38. The van der Waals surface area contributed by atoms with E-state index in [2.05, 4.69) is 10.1 Å². The predicted molar refractivity (Wildman–Crippen MR) is 99.1 cm³/mol. The Labute approximate surface area is 152 Å². The van der Waals surface area contributed by atoms with Gasteiger partial charge in [0.15, 0.2) is 11.5 Å². The normalized spacial score (nSPS) is 12.4. The Morgan fingerprint density at radius 3 is 2.31 bits per heavy atom. The highest BCUT2D eigenvalue weighted by Crippen LogP contribution is 2.36. The van der Waals surface area contributed by atoms with Gasteiger partial charge >= 0.3 is 0 Å². The molecule has 0 aliphatic heterocycles. The SMILES string of the molecule is CC(C)(C)Oc1ccc(-c2cc(F)c3nccn3n2)c(OC(C)(C)C)c1. The predicted octanol–water partition coefficient (Wildman–Crippen LogP) is 4.89. The van der Waals surface area contributed by atoms with Gasteiger partial charge in [0, 0.05) is 30.1 Å². The van der Waals surface area contributed by atoms with Gasteiger partial charge in [-0.15, -0.1) is 0 Å². The summed E-state index contributed by atoms with van der Waals surface area (Å²) < 4.78 is 27.8. The molecule has 0 bridgehead atoms. The molecule has 138 valence electrons. The van der Waals surface area contributed by atoms with E-state index in [1.54, 1.807) is 6.20 Å². The number of benzene rings is 1. The molecule has 0 atom stereocenters. The third-order valence-electron chi connectivity index (χ3n) is 3.38. The second kappa shape index (κ2) is 6.27. The third kappa shape index (κ3) is 4.12. The van der Waals surface area contributed by atoms with Crippen LogP contribution in [0.4, 0.5) is 4.39 Å². The maximum absolute atomic E-state index is 14.3. The van der Waals surface area contributed by atoms with Crippen LogP contribution in [0.1, 0.15) is 41.5 Å². The molecule has 0 saturated heterocycles. The van der Waals surface area contributed by atoms with E-state index in [1.807, 2.05) is 59.7 Å². The van der Waals surface area contributed by atoms with Gasteiger partial charge in [0.1, 0.15) is 22.7 Å². The molecule has 0 radical (unpaired) electrons. The number of hydrogen-bond donors (Lipinski definition) is 0. The molecule has 0 saturated carbocycles. The summed E-state index contributed by atoms with van der Waals surface area (Å²) in [6.45, 7) is 11.8. The Morgan fingerprint density at radius 1 is 0.962 bits per heavy atom. The van der Waals surface area contributed by atoms with Crippen molar-refractivity contribution in [1.82, 2.24) is 14.6 Å². The van der Waals surface area contributed by atoms with Gasteiger partial charge in [-0.1, -0.05) is 0 Å². The average molecular weight is 357 g/mol. The lowest BCUT2D eigenvalue weighted by Gasteiger charge is -2.25. The van der Waals surface area contributed by atoms with Crippen LogP contribution < -0.4 is 9.47 Å². The van der Waals surface area contributed by atoms with Crippen LogP contribution in [0.2, 0.25) is 0 Å². The van der Waals surface area contributed by atoms with E-state index in [-0.39, 0.29) is 11.2 Å². The highest BCUT2D eigenvalue weighted by Gasteiger charge is 2.20. The number of rotatable bonds is 3. The second-order valence-corrected chi connectivity index (χ2v) is 8.16. The van der Waals surface area contributed by atoms with Crippen LogP contribution in [0.15, 0.2) is 36.7 Å². The summed E-state index contributed by atoms with van der Waals surface area (Å²) in [5.41, 5.74) is 0.595. The number of imidazole rings is 1. The molecule has 3 aromatic rings. The fourth-order valence-corrected chi connectivity index (χ4v) is 2.56. The average Bonchev–Trinajstić information content (AvgIpc) is 2.93. The van der Waals surface area contributed by atoms with Crippen molar-refractivity contribution in [3.63, 3.8) is 0 Å². The first-order chi connectivity index (χ1) is 12.0. The highest BCUT2D eigenvalue weighted by atomic mass is 19.1. The molecular formula is C20H24FN3O2. The van der Waals surface area contributed by atoms with Crippen molar-refractivity contribution >= 4 is 5.65 Å². The smallest absolute Gasteiger partial charge is 0.189 e. The summed E-state index contributed by atoms with van der Waals surface area (Å²) >= 11 is 0. The van der Waals surface area contributed by atoms with Crippen molar-refractivity contribution in [2.75, 3.05) is 0 Å². The lowest BCUT2D eigenvalue weighted by Crippen LogP contribution is -2.24. The quantitative estimate of drug-likeness (QED) is 0.670. The van der Waals surface area contributed by atoms with Gasteiger partial charge in [-0.25, -0.2) is 13.9 Å². The van der Waals surface area contributed by atoms with Crippen molar-refractivity contribution in [1.29, 1.82) is 0 Å². The molecule has 0 spiro atoms. The van der Waals surface area contributed by atoms with Gasteiger partial charge in [0.05, 0.1) is 5.69 Å². The Bertz CT molecular complexity index is 936. The molecule has 6 heteroatoms. The lowest BCUT2D eigenvalue weighted by atomic mass is 10.1. The number of aromatic nitrogens is 3. The Morgan fingerprint density at radius 2 is 1.65 bits per heavy atom. The van der Waals surface area contributed by atoms with E-state index < -0.39 is 11.4 Å².